The first-order valence-electron chi connectivity index (χ1n) is 8.08. The minimum absolute atomic E-state index is 0.0232. The fraction of sp³-hybridized carbons (Fsp3) is 0.611. The van der Waals surface area contributed by atoms with Crippen molar-refractivity contribution >= 4 is 23.3 Å². The Labute approximate surface area is 142 Å². The molecule has 1 heterocycles. The Morgan fingerprint density at radius 3 is 2.39 bits per heavy atom. The van der Waals surface area contributed by atoms with E-state index in [0.717, 1.165) is 37.2 Å². The highest BCUT2D eigenvalue weighted by atomic mass is 35.5. The summed E-state index contributed by atoms with van der Waals surface area (Å²) in [5.41, 5.74) is 1.37. The maximum absolute atomic E-state index is 12.3. The van der Waals surface area contributed by atoms with Crippen molar-refractivity contribution in [2.75, 3.05) is 18.4 Å². The van der Waals surface area contributed by atoms with Crippen molar-refractivity contribution < 1.29 is 9.90 Å². The second-order valence-corrected chi connectivity index (χ2v) is 8.99. The Morgan fingerprint density at radius 2 is 1.91 bits per heavy atom. The lowest BCUT2D eigenvalue weighted by Crippen LogP contribution is -2.68. The van der Waals surface area contributed by atoms with Gasteiger partial charge < -0.3 is 15.3 Å². The largest absolute Gasteiger partial charge is 0.390 e. The quantitative estimate of drug-likeness (QED) is 0.814. The zero-order valence-electron chi connectivity index (χ0n) is 14.2. The highest BCUT2D eigenvalue weighted by Crippen LogP contribution is 2.53. The van der Waals surface area contributed by atoms with Gasteiger partial charge in [-0.2, -0.15) is 0 Å². The fourth-order valence-corrected chi connectivity index (χ4v) is 4.56. The summed E-state index contributed by atoms with van der Waals surface area (Å²) in [5.74, 6) is 0. The molecule has 1 saturated carbocycles. The van der Waals surface area contributed by atoms with Gasteiger partial charge in [0.2, 0.25) is 0 Å². The lowest BCUT2D eigenvalue weighted by atomic mass is 9.56. The van der Waals surface area contributed by atoms with E-state index in [2.05, 4.69) is 26.1 Å². The van der Waals surface area contributed by atoms with Crippen molar-refractivity contribution in [3.05, 3.63) is 28.8 Å². The van der Waals surface area contributed by atoms with E-state index in [1.54, 1.807) is 4.90 Å². The summed E-state index contributed by atoms with van der Waals surface area (Å²) in [6, 6.07) is 5.58. The lowest BCUT2D eigenvalue weighted by Gasteiger charge is -2.61. The highest BCUT2D eigenvalue weighted by Gasteiger charge is 2.58. The van der Waals surface area contributed by atoms with Crippen LogP contribution in [0.25, 0.3) is 0 Å². The number of carbonyl (C=O) groups excluding carboxylic acids is 1. The molecular formula is C18H25ClN2O2. The van der Waals surface area contributed by atoms with Crippen LogP contribution in [0.3, 0.4) is 0 Å². The van der Waals surface area contributed by atoms with Crippen LogP contribution in [0.2, 0.25) is 5.02 Å². The van der Waals surface area contributed by atoms with Gasteiger partial charge in [0.1, 0.15) is 0 Å². The number of hydrogen-bond acceptors (Lipinski definition) is 2. The van der Waals surface area contributed by atoms with Crippen LogP contribution in [0, 0.1) is 5.41 Å². The zero-order chi connectivity index (χ0) is 17.0. The number of nitrogens with zero attached hydrogens (tertiary/aromatic N) is 1. The van der Waals surface area contributed by atoms with E-state index in [1.807, 2.05) is 25.1 Å². The molecule has 0 radical (unpaired) electrons. The van der Waals surface area contributed by atoms with Crippen LogP contribution in [0.1, 0.15) is 46.1 Å². The third kappa shape index (κ3) is 3.20. The smallest absolute Gasteiger partial charge is 0.321 e. The van der Waals surface area contributed by atoms with Gasteiger partial charge >= 0.3 is 6.03 Å². The molecule has 1 saturated heterocycles. The van der Waals surface area contributed by atoms with Gasteiger partial charge in [-0.1, -0.05) is 38.4 Å². The second kappa shape index (κ2) is 5.12. The number of amides is 2. The predicted molar refractivity (Wildman–Crippen MR) is 93.0 cm³/mol. The summed E-state index contributed by atoms with van der Waals surface area (Å²) in [6.45, 7) is 9.64. The summed E-state index contributed by atoms with van der Waals surface area (Å²) in [6.07, 6.45) is 1.58. The molecule has 23 heavy (non-hydrogen) atoms. The van der Waals surface area contributed by atoms with E-state index in [9.17, 15) is 9.90 Å². The van der Waals surface area contributed by atoms with Crippen LogP contribution in [0.5, 0.6) is 0 Å². The van der Waals surface area contributed by atoms with E-state index in [0.29, 0.717) is 5.02 Å². The molecular weight excluding hydrogens is 312 g/mol. The van der Waals surface area contributed by atoms with E-state index < -0.39 is 5.60 Å². The summed E-state index contributed by atoms with van der Waals surface area (Å²) in [7, 11) is 0. The van der Waals surface area contributed by atoms with Gasteiger partial charge in [-0.15, -0.1) is 0 Å². The molecule has 0 bridgehead atoms. The van der Waals surface area contributed by atoms with Gasteiger partial charge in [0.15, 0.2) is 0 Å². The Balaban J connectivity index is 1.59. The Kier molecular flexibility index (Phi) is 3.69. The summed E-state index contributed by atoms with van der Waals surface area (Å²) in [5, 5.41) is 13.4. The SMILES string of the molecule is CC1(O)CC2(CN(C(=O)Nc3ccc(C(C)(C)C)c(Cl)c3)C2)C1. The monoisotopic (exact) mass is 336 g/mol. The Morgan fingerprint density at radius 1 is 1.30 bits per heavy atom. The van der Waals surface area contributed by atoms with Crippen LogP contribution in [-0.2, 0) is 5.41 Å². The van der Waals surface area contributed by atoms with Crippen molar-refractivity contribution in [2.45, 2.75) is 51.6 Å². The standard InChI is InChI=1S/C18H25ClN2O2/c1-16(2,3)13-6-5-12(7-14(13)19)20-15(22)21-10-18(11-21)8-17(4,23)9-18/h5-7,23H,8-11H2,1-4H3,(H,20,22). The fourth-order valence-electron chi connectivity index (χ4n) is 4.10. The van der Waals surface area contributed by atoms with E-state index in [4.69, 9.17) is 11.6 Å². The number of benzene rings is 1. The zero-order valence-corrected chi connectivity index (χ0v) is 15.0. The summed E-state index contributed by atoms with van der Waals surface area (Å²) in [4.78, 5) is 14.1. The van der Waals surface area contributed by atoms with Gasteiger partial charge in [-0.25, -0.2) is 4.79 Å². The number of urea groups is 1. The molecule has 4 nitrogen and oxygen atoms in total. The van der Waals surface area contributed by atoms with E-state index in [1.165, 1.54) is 0 Å². The molecule has 1 aliphatic heterocycles. The first-order valence-corrected chi connectivity index (χ1v) is 8.46. The highest BCUT2D eigenvalue weighted by molar-refractivity contribution is 6.31. The number of halogens is 1. The van der Waals surface area contributed by atoms with Crippen molar-refractivity contribution in [3.8, 4) is 0 Å². The number of rotatable bonds is 1. The second-order valence-electron chi connectivity index (χ2n) is 8.58. The number of aliphatic hydroxyl groups is 1. The van der Waals surface area contributed by atoms with E-state index in [-0.39, 0.29) is 16.9 Å². The first-order chi connectivity index (χ1) is 10.5. The normalized spacial score (nSPS) is 21.6. The molecule has 1 aromatic rings. The van der Waals surface area contributed by atoms with Crippen LogP contribution >= 0.6 is 11.6 Å². The summed E-state index contributed by atoms with van der Waals surface area (Å²) >= 11 is 6.34. The predicted octanol–water partition coefficient (Wildman–Crippen LogP) is 4.02. The Bertz CT molecular complexity index is 633. The first kappa shape index (κ1) is 16.6. The van der Waals surface area contributed by atoms with Crippen molar-refractivity contribution in [1.82, 2.24) is 4.90 Å². The molecule has 2 fully saturated rings. The third-order valence-electron chi connectivity index (χ3n) is 4.88. The lowest BCUT2D eigenvalue weighted by molar-refractivity contribution is -0.167. The van der Waals surface area contributed by atoms with Gasteiger partial charge in [-0.3, -0.25) is 0 Å². The molecule has 0 unspecified atom stereocenters. The molecule has 1 aromatic carbocycles. The molecule has 3 rings (SSSR count). The van der Waals surface area contributed by atoms with Gasteiger partial charge in [0.05, 0.1) is 5.60 Å². The average Bonchev–Trinajstić information content (AvgIpc) is 2.30. The molecule has 5 heteroatoms. The maximum Gasteiger partial charge on any atom is 0.321 e. The van der Waals surface area contributed by atoms with E-state index >= 15 is 0 Å². The molecule has 126 valence electrons. The summed E-state index contributed by atoms with van der Waals surface area (Å²) < 4.78 is 0. The number of hydrogen-bond donors (Lipinski definition) is 2. The van der Waals surface area contributed by atoms with Crippen LogP contribution in [0.15, 0.2) is 18.2 Å². The van der Waals surface area contributed by atoms with Crippen LogP contribution in [0.4, 0.5) is 10.5 Å². The molecule has 2 N–H and O–H groups in total. The minimum atomic E-state index is -0.543. The number of carbonyl (C=O) groups is 1. The number of anilines is 1. The molecule has 0 atom stereocenters. The topological polar surface area (TPSA) is 52.6 Å². The van der Waals surface area contributed by atoms with Gasteiger partial charge in [0.25, 0.3) is 0 Å². The molecule has 0 aromatic heterocycles. The van der Waals surface area contributed by atoms with Crippen molar-refractivity contribution in [3.63, 3.8) is 0 Å². The maximum atomic E-state index is 12.3. The average molecular weight is 337 g/mol. The van der Waals surface area contributed by atoms with Crippen molar-refractivity contribution in [1.29, 1.82) is 0 Å². The number of likely N-dealkylation sites (tertiary alicyclic amines) is 1. The number of nitrogens with one attached hydrogen (secondary N) is 1. The molecule has 2 aliphatic rings. The van der Waals surface area contributed by atoms with Crippen LogP contribution < -0.4 is 5.32 Å². The minimum Gasteiger partial charge on any atom is -0.390 e. The molecule has 1 aliphatic carbocycles. The van der Waals surface area contributed by atoms with Crippen molar-refractivity contribution in [2.24, 2.45) is 5.41 Å². The molecule has 1 spiro atoms. The van der Waals surface area contributed by atoms with Crippen LogP contribution in [-0.4, -0.2) is 34.7 Å². The van der Waals surface area contributed by atoms with Gasteiger partial charge in [-0.05, 0) is 42.9 Å². The van der Waals surface area contributed by atoms with Gasteiger partial charge in [0, 0.05) is 29.2 Å². The Hall–Kier alpha value is -1.26. The third-order valence-corrected chi connectivity index (χ3v) is 5.19. The molecule has 2 amide bonds.